The predicted molar refractivity (Wildman–Crippen MR) is 88.3 cm³/mol. The van der Waals surface area contributed by atoms with Gasteiger partial charge in [0.05, 0.1) is 15.7 Å². The van der Waals surface area contributed by atoms with E-state index < -0.39 is 5.91 Å². The van der Waals surface area contributed by atoms with Crippen molar-refractivity contribution in [2.45, 2.75) is 19.8 Å². The van der Waals surface area contributed by atoms with E-state index in [4.69, 9.17) is 34.7 Å². The van der Waals surface area contributed by atoms with E-state index in [1.807, 2.05) is 13.8 Å². The van der Waals surface area contributed by atoms with Crippen molar-refractivity contribution in [3.05, 3.63) is 37.9 Å². The van der Waals surface area contributed by atoms with Crippen LogP contribution in [0.2, 0.25) is 10.0 Å². The monoisotopic (exact) mass is 390 g/mol. The van der Waals surface area contributed by atoms with Crippen LogP contribution in [0.5, 0.6) is 0 Å². The lowest BCUT2D eigenvalue weighted by Crippen LogP contribution is -2.15. The molecule has 4 N–H and O–H groups in total. The van der Waals surface area contributed by atoms with E-state index in [0.29, 0.717) is 21.4 Å². The number of primary amides is 1. The Hall–Kier alpha value is -1.24. The number of rotatable bonds is 3. The molecule has 0 aliphatic carbocycles. The van der Waals surface area contributed by atoms with Crippen molar-refractivity contribution < 1.29 is 4.79 Å². The number of nitrogens with two attached hydrogens (primary N) is 2. The zero-order chi connectivity index (χ0) is 15.9. The van der Waals surface area contributed by atoms with Gasteiger partial charge in [-0.1, -0.05) is 53.0 Å². The number of hydrogen-bond acceptors (Lipinski definition) is 3. The highest BCUT2D eigenvalue weighted by molar-refractivity contribution is 9.10. The molecule has 0 atom stereocenters. The quantitative estimate of drug-likeness (QED) is 0.835. The molecular formula is C13H13BrCl2N4O. The van der Waals surface area contributed by atoms with Crippen LogP contribution < -0.4 is 11.5 Å². The molecule has 0 spiro atoms. The summed E-state index contributed by atoms with van der Waals surface area (Å²) in [5.41, 5.74) is 12.5. The van der Waals surface area contributed by atoms with Crippen molar-refractivity contribution in [2.24, 2.45) is 5.73 Å². The molecule has 8 heteroatoms. The maximum Gasteiger partial charge on any atom is 0.254 e. The lowest BCUT2D eigenvalue weighted by atomic mass is 10.1. The van der Waals surface area contributed by atoms with Crippen molar-refractivity contribution in [2.75, 3.05) is 5.73 Å². The summed E-state index contributed by atoms with van der Waals surface area (Å²) in [4.78, 5) is 11.6. The Morgan fingerprint density at radius 1 is 1.33 bits per heavy atom. The summed E-state index contributed by atoms with van der Waals surface area (Å²) < 4.78 is 2.08. The second-order valence-corrected chi connectivity index (χ2v) is 6.52. The summed E-state index contributed by atoms with van der Waals surface area (Å²) in [6, 6.07) is 3.34. The highest BCUT2D eigenvalue weighted by Crippen LogP contribution is 2.35. The van der Waals surface area contributed by atoms with E-state index in [1.54, 1.807) is 12.1 Å². The van der Waals surface area contributed by atoms with Gasteiger partial charge in [-0.25, -0.2) is 4.68 Å². The van der Waals surface area contributed by atoms with Crippen LogP contribution in [-0.2, 0) is 0 Å². The molecule has 2 rings (SSSR count). The van der Waals surface area contributed by atoms with Gasteiger partial charge in [-0.2, -0.15) is 5.10 Å². The van der Waals surface area contributed by atoms with Crippen molar-refractivity contribution in [1.82, 2.24) is 9.78 Å². The molecule has 1 aromatic carbocycles. The first-order valence-corrected chi connectivity index (χ1v) is 7.62. The van der Waals surface area contributed by atoms with E-state index in [-0.39, 0.29) is 17.3 Å². The largest absolute Gasteiger partial charge is 0.383 e. The van der Waals surface area contributed by atoms with Gasteiger partial charge in [-0.05, 0) is 18.1 Å². The average Bonchev–Trinajstić information content (AvgIpc) is 2.66. The standard InChI is InChI=1S/C13H13BrCl2N4O/c1-5(2)10-9(13(18)21)12(17)20(19-10)11-7(15)3-6(14)4-8(11)16/h3-5H,17H2,1-2H3,(H2,18,21). The van der Waals surface area contributed by atoms with E-state index in [1.165, 1.54) is 4.68 Å². The molecule has 0 fully saturated rings. The average molecular weight is 392 g/mol. The minimum Gasteiger partial charge on any atom is -0.383 e. The third-order valence-corrected chi connectivity index (χ3v) is 3.97. The molecule has 0 saturated heterocycles. The van der Waals surface area contributed by atoms with Crippen LogP contribution in [0.1, 0.15) is 35.8 Å². The van der Waals surface area contributed by atoms with Crippen LogP contribution >= 0.6 is 39.1 Å². The molecule has 0 saturated carbocycles. The second-order valence-electron chi connectivity index (χ2n) is 4.79. The first-order valence-electron chi connectivity index (χ1n) is 6.07. The number of amides is 1. The summed E-state index contributed by atoms with van der Waals surface area (Å²) in [6.45, 7) is 3.78. The molecule has 0 unspecified atom stereocenters. The van der Waals surface area contributed by atoms with Gasteiger partial charge in [-0.15, -0.1) is 0 Å². The molecule has 0 radical (unpaired) electrons. The minimum atomic E-state index is -0.633. The van der Waals surface area contributed by atoms with Crippen LogP contribution in [0.15, 0.2) is 16.6 Å². The maximum absolute atomic E-state index is 11.6. The van der Waals surface area contributed by atoms with E-state index >= 15 is 0 Å². The van der Waals surface area contributed by atoms with Gasteiger partial charge in [-0.3, -0.25) is 4.79 Å². The Balaban J connectivity index is 2.77. The summed E-state index contributed by atoms with van der Waals surface area (Å²) in [5, 5.41) is 5.07. The van der Waals surface area contributed by atoms with Gasteiger partial charge in [0.25, 0.3) is 5.91 Å². The van der Waals surface area contributed by atoms with Crippen LogP contribution in [0.25, 0.3) is 5.69 Å². The Morgan fingerprint density at radius 3 is 2.24 bits per heavy atom. The third kappa shape index (κ3) is 2.88. The third-order valence-electron chi connectivity index (χ3n) is 2.93. The molecule has 21 heavy (non-hydrogen) atoms. The summed E-state index contributed by atoms with van der Waals surface area (Å²) >= 11 is 15.7. The second kappa shape index (κ2) is 5.87. The van der Waals surface area contributed by atoms with E-state index in [2.05, 4.69) is 21.0 Å². The van der Waals surface area contributed by atoms with Gasteiger partial charge in [0.15, 0.2) is 0 Å². The van der Waals surface area contributed by atoms with Crippen molar-refractivity contribution >= 4 is 50.9 Å². The zero-order valence-corrected chi connectivity index (χ0v) is 14.4. The van der Waals surface area contributed by atoms with Crippen molar-refractivity contribution in [3.63, 3.8) is 0 Å². The van der Waals surface area contributed by atoms with Crippen LogP contribution in [-0.4, -0.2) is 15.7 Å². The fraction of sp³-hybridized carbons (Fsp3) is 0.231. The smallest absolute Gasteiger partial charge is 0.254 e. The molecule has 1 heterocycles. The normalized spacial score (nSPS) is 11.1. The Labute approximate surface area is 140 Å². The summed E-state index contributed by atoms with van der Waals surface area (Å²) in [5.74, 6) is -0.534. The number of halogens is 3. The SMILES string of the molecule is CC(C)c1nn(-c2c(Cl)cc(Br)cc2Cl)c(N)c1C(N)=O. The number of aromatic nitrogens is 2. The number of carbonyl (C=O) groups is 1. The number of nitrogens with zero attached hydrogens (tertiary/aromatic N) is 2. The van der Waals surface area contributed by atoms with Crippen molar-refractivity contribution in [1.29, 1.82) is 0 Å². The molecule has 1 aromatic heterocycles. The highest BCUT2D eigenvalue weighted by atomic mass is 79.9. The van der Waals surface area contributed by atoms with Crippen LogP contribution in [0.3, 0.4) is 0 Å². The molecule has 0 aliphatic rings. The van der Waals surface area contributed by atoms with Crippen molar-refractivity contribution in [3.8, 4) is 5.69 Å². The van der Waals surface area contributed by atoms with Crippen LogP contribution in [0.4, 0.5) is 5.82 Å². The van der Waals surface area contributed by atoms with Gasteiger partial charge in [0.2, 0.25) is 0 Å². The van der Waals surface area contributed by atoms with E-state index in [9.17, 15) is 4.79 Å². The Morgan fingerprint density at radius 2 is 1.86 bits per heavy atom. The number of hydrogen-bond donors (Lipinski definition) is 2. The fourth-order valence-electron chi connectivity index (χ4n) is 2.01. The van der Waals surface area contributed by atoms with Gasteiger partial charge in [0.1, 0.15) is 17.1 Å². The lowest BCUT2D eigenvalue weighted by molar-refractivity contribution is 0.1000. The molecule has 112 valence electrons. The number of benzene rings is 1. The predicted octanol–water partition coefficient (Wildman–Crippen LogP) is 3.75. The number of carbonyl (C=O) groups excluding carboxylic acids is 1. The minimum absolute atomic E-state index is 0.0240. The number of anilines is 1. The highest BCUT2D eigenvalue weighted by Gasteiger charge is 2.24. The first-order chi connectivity index (χ1) is 9.73. The molecule has 0 aliphatic heterocycles. The summed E-state index contributed by atoms with van der Waals surface area (Å²) in [6.07, 6.45) is 0. The molecule has 5 nitrogen and oxygen atoms in total. The topological polar surface area (TPSA) is 86.9 Å². The van der Waals surface area contributed by atoms with Gasteiger partial charge in [0, 0.05) is 4.47 Å². The Kier molecular flexibility index (Phi) is 4.51. The maximum atomic E-state index is 11.6. The molecule has 2 aromatic rings. The number of nitrogen functional groups attached to an aromatic ring is 1. The lowest BCUT2D eigenvalue weighted by Gasteiger charge is -2.09. The first kappa shape index (κ1) is 16.1. The van der Waals surface area contributed by atoms with Gasteiger partial charge < -0.3 is 11.5 Å². The summed E-state index contributed by atoms with van der Waals surface area (Å²) in [7, 11) is 0. The zero-order valence-electron chi connectivity index (χ0n) is 11.3. The van der Waals surface area contributed by atoms with E-state index in [0.717, 1.165) is 4.47 Å². The van der Waals surface area contributed by atoms with Gasteiger partial charge >= 0.3 is 0 Å². The Bertz CT molecular complexity index is 704. The fourth-order valence-corrected chi connectivity index (χ4v) is 3.38. The molecule has 0 bridgehead atoms. The molecule has 1 amide bonds. The molecular weight excluding hydrogens is 379 g/mol. The van der Waals surface area contributed by atoms with Crippen LogP contribution in [0, 0.1) is 0 Å².